The summed E-state index contributed by atoms with van der Waals surface area (Å²) in [5.74, 6) is -2.04. The number of ketones is 1. The third-order valence-corrected chi connectivity index (χ3v) is 5.21. The Kier molecular flexibility index (Phi) is 6.43. The van der Waals surface area contributed by atoms with Gasteiger partial charge in [-0.05, 0) is 50.0 Å². The maximum atomic E-state index is 13.9. The first kappa shape index (κ1) is 21.8. The van der Waals surface area contributed by atoms with Crippen LogP contribution in [0.25, 0.3) is 5.76 Å². The number of Topliss-reactive ketones (excluding diaryl/α,β-unsaturated/α-hetero) is 1. The van der Waals surface area contributed by atoms with E-state index in [1.807, 2.05) is 19.0 Å². The number of amides is 1. The number of likely N-dealkylation sites (N-methyl/N-ethyl adjacent to an activating group) is 1. The first-order valence-electron chi connectivity index (χ1n) is 9.27. The lowest BCUT2D eigenvalue weighted by molar-refractivity contribution is -0.140. The van der Waals surface area contributed by atoms with Gasteiger partial charge in [0.25, 0.3) is 11.7 Å². The summed E-state index contributed by atoms with van der Waals surface area (Å²) < 4.78 is 19.1. The Balaban J connectivity index is 2.16. The number of hydrogen-bond donors (Lipinski definition) is 1. The van der Waals surface area contributed by atoms with Gasteiger partial charge < -0.3 is 19.6 Å². The third-order valence-electron chi connectivity index (χ3n) is 4.92. The fourth-order valence-electron chi connectivity index (χ4n) is 3.41. The zero-order valence-corrected chi connectivity index (χ0v) is 17.6. The average molecular weight is 433 g/mol. The molecule has 158 valence electrons. The van der Waals surface area contributed by atoms with Gasteiger partial charge in [0.05, 0.1) is 23.7 Å². The smallest absolute Gasteiger partial charge is 0.295 e. The summed E-state index contributed by atoms with van der Waals surface area (Å²) in [6, 6.07) is 9.28. The first-order valence-corrected chi connectivity index (χ1v) is 9.65. The highest BCUT2D eigenvalue weighted by Gasteiger charge is 2.46. The first-order chi connectivity index (χ1) is 14.2. The van der Waals surface area contributed by atoms with Crippen LogP contribution >= 0.6 is 11.6 Å². The Morgan fingerprint density at radius 1 is 1.23 bits per heavy atom. The van der Waals surface area contributed by atoms with Crippen molar-refractivity contribution in [2.24, 2.45) is 0 Å². The summed E-state index contributed by atoms with van der Waals surface area (Å²) in [6.07, 6.45) is 0. The zero-order chi connectivity index (χ0) is 22.0. The van der Waals surface area contributed by atoms with Gasteiger partial charge in [-0.15, -0.1) is 0 Å². The van der Waals surface area contributed by atoms with E-state index in [0.29, 0.717) is 17.9 Å². The van der Waals surface area contributed by atoms with E-state index in [9.17, 15) is 19.1 Å². The number of hydrogen-bond acceptors (Lipinski definition) is 5. The molecule has 3 rings (SSSR count). The van der Waals surface area contributed by atoms with Crippen molar-refractivity contribution >= 4 is 29.1 Å². The maximum Gasteiger partial charge on any atom is 0.295 e. The Morgan fingerprint density at radius 2 is 1.97 bits per heavy atom. The molecule has 1 atom stereocenters. The van der Waals surface area contributed by atoms with E-state index in [-0.39, 0.29) is 28.5 Å². The fourth-order valence-corrected chi connectivity index (χ4v) is 3.67. The van der Waals surface area contributed by atoms with Crippen molar-refractivity contribution in [3.05, 3.63) is 70.0 Å². The second-order valence-electron chi connectivity index (χ2n) is 7.20. The van der Waals surface area contributed by atoms with Crippen LogP contribution in [0.4, 0.5) is 4.39 Å². The lowest BCUT2D eigenvalue weighted by Crippen LogP contribution is -2.35. The number of nitrogens with zero attached hydrogens (tertiary/aromatic N) is 2. The van der Waals surface area contributed by atoms with Crippen molar-refractivity contribution in [2.45, 2.75) is 6.04 Å². The standard InChI is InChI=1S/C22H22ClFN2O4/c1-25(2)9-10-26-19(13-5-4-6-15(24)11-13)18(21(28)22(26)29)20(27)14-7-8-17(30-3)16(23)12-14/h4-8,11-12,19,27H,9-10H2,1-3H3/b20-18-. The van der Waals surface area contributed by atoms with Crippen LogP contribution in [0, 0.1) is 5.82 Å². The lowest BCUT2D eigenvalue weighted by atomic mass is 9.95. The molecule has 1 saturated heterocycles. The molecule has 0 aromatic heterocycles. The van der Waals surface area contributed by atoms with Crippen molar-refractivity contribution < 1.29 is 23.8 Å². The normalized spacial score (nSPS) is 18.3. The molecule has 2 aromatic carbocycles. The molecular weight excluding hydrogens is 411 g/mol. The average Bonchev–Trinajstić information content (AvgIpc) is 2.96. The molecule has 0 saturated carbocycles. The molecule has 2 aromatic rings. The highest BCUT2D eigenvalue weighted by Crippen LogP contribution is 2.40. The Labute approximate surface area is 179 Å². The summed E-state index contributed by atoms with van der Waals surface area (Å²) in [5, 5.41) is 11.2. The van der Waals surface area contributed by atoms with Crippen LogP contribution < -0.4 is 4.74 Å². The third kappa shape index (κ3) is 4.17. The van der Waals surface area contributed by atoms with E-state index in [2.05, 4.69) is 0 Å². The Hall–Kier alpha value is -2.90. The quantitative estimate of drug-likeness (QED) is 0.430. The van der Waals surface area contributed by atoms with Crippen LogP contribution in [0.1, 0.15) is 17.2 Å². The van der Waals surface area contributed by atoms with Gasteiger partial charge in [-0.3, -0.25) is 9.59 Å². The molecule has 1 amide bonds. The molecule has 0 bridgehead atoms. The number of rotatable bonds is 6. The summed E-state index contributed by atoms with van der Waals surface area (Å²) in [5.41, 5.74) is 0.549. The molecule has 0 radical (unpaired) electrons. The van der Waals surface area contributed by atoms with Crippen LogP contribution in [0.3, 0.4) is 0 Å². The molecule has 1 N–H and O–H groups in total. The number of benzene rings is 2. The summed E-state index contributed by atoms with van der Waals surface area (Å²) in [4.78, 5) is 28.9. The monoisotopic (exact) mass is 432 g/mol. The highest BCUT2D eigenvalue weighted by atomic mass is 35.5. The molecule has 30 heavy (non-hydrogen) atoms. The van der Waals surface area contributed by atoms with E-state index >= 15 is 0 Å². The minimum Gasteiger partial charge on any atom is -0.507 e. The minimum absolute atomic E-state index is 0.106. The van der Waals surface area contributed by atoms with E-state index < -0.39 is 23.5 Å². The van der Waals surface area contributed by atoms with Crippen LogP contribution in [-0.2, 0) is 9.59 Å². The largest absolute Gasteiger partial charge is 0.507 e. The summed E-state index contributed by atoms with van der Waals surface area (Å²) in [6.45, 7) is 0.728. The van der Waals surface area contributed by atoms with Crippen molar-refractivity contribution in [3.8, 4) is 5.75 Å². The molecule has 0 spiro atoms. The van der Waals surface area contributed by atoms with Crippen LogP contribution in [0.5, 0.6) is 5.75 Å². The molecule has 1 aliphatic rings. The van der Waals surface area contributed by atoms with Gasteiger partial charge in [0.2, 0.25) is 0 Å². The number of carbonyl (C=O) groups is 2. The second kappa shape index (κ2) is 8.85. The van der Waals surface area contributed by atoms with Gasteiger partial charge in [0.15, 0.2) is 0 Å². The molecule has 1 aliphatic heterocycles. The van der Waals surface area contributed by atoms with E-state index in [1.54, 1.807) is 12.1 Å². The predicted octanol–water partition coefficient (Wildman–Crippen LogP) is 3.47. The van der Waals surface area contributed by atoms with Crippen LogP contribution in [0.2, 0.25) is 5.02 Å². The number of carbonyl (C=O) groups excluding carboxylic acids is 2. The SMILES string of the molecule is COc1ccc(/C(O)=C2/C(=O)C(=O)N(CCN(C)C)C2c2cccc(F)c2)cc1Cl. The van der Waals surface area contributed by atoms with Gasteiger partial charge in [-0.1, -0.05) is 23.7 Å². The van der Waals surface area contributed by atoms with E-state index in [1.165, 1.54) is 42.3 Å². The lowest BCUT2D eigenvalue weighted by Gasteiger charge is -2.26. The molecular formula is C22H22ClFN2O4. The zero-order valence-electron chi connectivity index (χ0n) is 16.9. The van der Waals surface area contributed by atoms with Gasteiger partial charge in [-0.2, -0.15) is 0 Å². The second-order valence-corrected chi connectivity index (χ2v) is 7.61. The maximum absolute atomic E-state index is 13.9. The topological polar surface area (TPSA) is 70.1 Å². The van der Waals surface area contributed by atoms with Gasteiger partial charge in [-0.25, -0.2) is 4.39 Å². The predicted molar refractivity (Wildman–Crippen MR) is 112 cm³/mol. The fraction of sp³-hybridized carbons (Fsp3) is 0.273. The highest BCUT2D eigenvalue weighted by molar-refractivity contribution is 6.46. The van der Waals surface area contributed by atoms with Gasteiger partial charge in [0, 0.05) is 18.7 Å². The minimum atomic E-state index is -0.915. The summed E-state index contributed by atoms with van der Waals surface area (Å²) >= 11 is 6.16. The van der Waals surface area contributed by atoms with Gasteiger partial charge in [0.1, 0.15) is 17.3 Å². The molecule has 1 fully saturated rings. The summed E-state index contributed by atoms with van der Waals surface area (Å²) in [7, 11) is 5.14. The molecule has 1 unspecified atom stereocenters. The Bertz CT molecular complexity index is 1020. The molecule has 1 heterocycles. The number of aliphatic hydroxyl groups excluding tert-OH is 1. The van der Waals surface area contributed by atoms with E-state index in [4.69, 9.17) is 16.3 Å². The van der Waals surface area contributed by atoms with Crippen molar-refractivity contribution in [1.29, 1.82) is 0 Å². The number of aliphatic hydroxyl groups is 1. The van der Waals surface area contributed by atoms with Crippen molar-refractivity contribution in [2.75, 3.05) is 34.3 Å². The Morgan fingerprint density at radius 3 is 2.57 bits per heavy atom. The molecule has 8 heteroatoms. The number of methoxy groups -OCH3 is 1. The number of ether oxygens (including phenoxy) is 1. The van der Waals surface area contributed by atoms with Crippen molar-refractivity contribution in [1.82, 2.24) is 9.80 Å². The molecule has 6 nitrogen and oxygen atoms in total. The number of likely N-dealkylation sites (tertiary alicyclic amines) is 1. The van der Waals surface area contributed by atoms with Crippen LogP contribution in [0.15, 0.2) is 48.0 Å². The van der Waals surface area contributed by atoms with E-state index in [0.717, 1.165) is 0 Å². The molecule has 0 aliphatic carbocycles. The van der Waals surface area contributed by atoms with Crippen LogP contribution in [-0.4, -0.2) is 60.9 Å². The van der Waals surface area contributed by atoms with Crippen molar-refractivity contribution in [3.63, 3.8) is 0 Å². The van der Waals surface area contributed by atoms with Gasteiger partial charge >= 0.3 is 0 Å². The number of halogens is 2.